The molecular weight excluding hydrogens is 400 g/mol. The predicted octanol–water partition coefficient (Wildman–Crippen LogP) is 4.58. The molecule has 3 amide bonds. The Morgan fingerprint density at radius 1 is 1.15 bits per heavy atom. The quantitative estimate of drug-likeness (QED) is 0.527. The van der Waals surface area contributed by atoms with E-state index in [4.69, 9.17) is 0 Å². The van der Waals surface area contributed by atoms with E-state index in [9.17, 15) is 9.59 Å². The number of aromatic amines is 1. The molecule has 3 aromatic heterocycles. The van der Waals surface area contributed by atoms with Crippen molar-refractivity contribution in [1.82, 2.24) is 20.6 Å². The largest absolute Gasteiger partial charge is 0.333 e. The Bertz CT molecular complexity index is 857. The van der Waals surface area contributed by atoms with Crippen molar-refractivity contribution in [2.24, 2.45) is 0 Å². The standard InChI is InChI=1S/C18H20N4O2S3/c1-18(2,3)22-16(24)19-13(23)10-27-17-20-14(11-6-4-8-25-11)15(21-17)12-7-5-9-26-12/h4-9H,10H2,1-3H3,(H,20,21)(H2,19,22,23,24). The van der Waals surface area contributed by atoms with Crippen LogP contribution >= 0.6 is 34.4 Å². The lowest BCUT2D eigenvalue weighted by atomic mass is 10.1. The van der Waals surface area contributed by atoms with Crippen LogP contribution in [0.3, 0.4) is 0 Å². The number of urea groups is 1. The molecule has 9 heteroatoms. The minimum Gasteiger partial charge on any atom is -0.333 e. The molecule has 3 aromatic rings. The lowest BCUT2D eigenvalue weighted by Gasteiger charge is -2.20. The summed E-state index contributed by atoms with van der Waals surface area (Å²) in [6.07, 6.45) is 0. The Balaban J connectivity index is 1.68. The first kappa shape index (κ1) is 19.7. The second kappa shape index (κ2) is 8.28. The monoisotopic (exact) mass is 420 g/mol. The van der Waals surface area contributed by atoms with Gasteiger partial charge in [-0.05, 0) is 43.7 Å². The van der Waals surface area contributed by atoms with Crippen molar-refractivity contribution in [3.05, 3.63) is 35.0 Å². The van der Waals surface area contributed by atoms with E-state index in [1.807, 2.05) is 55.8 Å². The van der Waals surface area contributed by atoms with Gasteiger partial charge in [-0.2, -0.15) is 0 Å². The molecule has 0 bridgehead atoms. The van der Waals surface area contributed by atoms with Crippen LogP contribution in [-0.4, -0.2) is 33.2 Å². The fourth-order valence-electron chi connectivity index (χ4n) is 2.28. The maximum atomic E-state index is 12.0. The van der Waals surface area contributed by atoms with Gasteiger partial charge in [-0.3, -0.25) is 10.1 Å². The van der Waals surface area contributed by atoms with Gasteiger partial charge in [0.2, 0.25) is 5.91 Å². The number of carbonyl (C=O) groups is 2. The number of hydrogen-bond acceptors (Lipinski definition) is 6. The van der Waals surface area contributed by atoms with Gasteiger partial charge in [-0.1, -0.05) is 23.9 Å². The van der Waals surface area contributed by atoms with E-state index in [0.29, 0.717) is 5.16 Å². The summed E-state index contributed by atoms with van der Waals surface area (Å²) in [6.45, 7) is 5.56. The Morgan fingerprint density at radius 3 is 2.41 bits per heavy atom. The van der Waals surface area contributed by atoms with Gasteiger partial charge in [-0.15, -0.1) is 22.7 Å². The summed E-state index contributed by atoms with van der Waals surface area (Å²) in [6, 6.07) is 7.54. The van der Waals surface area contributed by atoms with E-state index in [2.05, 4.69) is 20.6 Å². The summed E-state index contributed by atoms with van der Waals surface area (Å²) in [5.41, 5.74) is 1.42. The Hall–Kier alpha value is -2.10. The van der Waals surface area contributed by atoms with Crippen molar-refractivity contribution in [3.63, 3.8) is 0 Å². The number of rotatable bonds is 5. The van der Waals surface area contributed by atoms with Gasteiger partial charge in [-0.25, -0.2) is 9.78 Å². The SMILES string of the molecule is CC(C)(C)NC(=O)NC(=O)CSc1nc(-c2cccs2)c(-c2cccs2)[nH]1. The van der Waals surface area contributed by atoms with E-state index in [0.717, 1.165) is 21.1 Å². The molecule has 142 valence electrons. The van der Waals surface area contributed by atoms with Crippen molar-refractivity contribution in [2.75, 3.05) is 5.75 Å². The van der Waals surface area contributed by atoms with E-state index in [1.54, 1.807) is 22.7 Å². The van der Waals surface area contributed by atoms with Crippen molar-refractivity contribution < 1.29 is 9.59 Å². The fourth-order valence-corrected chi connectivity index (χ4v) is 4.40. The lowest BCUT2D eigenvalue weighted by molar-refractivity contribution is -0.117. The topological polar surface area (TPSA) is 86.9 Å². The number of imidazole rings is 1. The maximum absolute atomic E-state index is 12.0. The Labute approximate surface area is 169 Å². The molecule has 0 aliphatic heterocycles. The summed E-state index contributed by atoms with van der Waals surface area (Å²) in [7, 11) is 0. The van der Waals surface area contributed by atoms with E-state index in [1.165, 1.54) is 11.8 Å². The van der Waals surface area contributed by atoms with Gasteiger partial charge >= 0.3 is 6.03 Å². The zero-order valence-corrected chi connectivity index (χ0v) is 17.6. The Morgan fingerprint density at radius 2 is 1.81 bits per heavy atom. The third kappa shape index (κ3) is 5.44. The number of H-pyrrole nitrogens is 1. The summed E-state index contributed by atoms with van der Waals surface area (Å²) in [4.78, 5) is 33.9. The molecule has 0 aliphatic carbocycles. The molecule has 0 aliphatic rings. The number of thiophene rings is 2. The van der Waals surface area contributed by atoms with E-state index < -0.39 is 11.6 Å². The molecular formula is C18H20N4O2S3. The van der Waals surface area contributed by atoms with Crippen molar-refractivity contribution >= 4 is 46.4 Å². The highest BCUT2D eigenvalue weighted by molar-refractivity contribution is 7.99. The first-order chi connectivity index (χ1) is 12.8. The minimum atomic E-state index is -0.494. The summed E-state index contributed by atoms with van der Waals surface area (Å²) >= 11 is 4.52. The normalized spacial score (nSPS) is 11.4. The average Bonchev–Trinajstić information content (AvgIpc) is 3.30. The average molecular weight is 421 g/mol. The molecule has 0 radical (unpaired) electrons. The van der Waals surface area contributed by atoms with Gasteiger partial charge in [0.1, 0.15) is 5.69 Å². The Kier molecular flexibility index (Phi) is 6.03. The number of aromatic nitrogens is 2. The molecule has 0 saturated heterocycles. The molecule has 6 nitrogen and oxygen atoms in total. The number of carbonyl (C=O) groups excluding carboxylic acids is 2. The molecule has 0 saturated carbocycles. The first-order valence-electron chi connectivity index (χ1n) is 8.24. The van der Waals surface area contributed by atoms with E-state index in [-0.39, 0.29) is 11.7 Å². The highest BCUT2D eigenvalue weighted by atomic mass is 32.2. The van der Waals surface area contributed by atoms with Crippen LogP contribution in [-0.2, 0) is 4.79 Å². The van der Waals surface area contributed by atoms with Crippen molar-refractivity contribution in [1.29, 1.82) is 0 Å². The molecule has 0 unspecified atom stereocenters. The van der Waals surface area contributed by atoms with Crippen LogP contribution in [0.1, 0.15) is 20.8 Å². The molecule has 3 heterocycles. The second-order valence-electron chi connectivity index (χ2n) is 6.76. The molecule has 0 spiro atoms. The third-order valence-corrected chi connectivity index (χ3v) is 5.92. The zero-order valence-electron chi connectivity index (χ0n) is 15.2. The van der Waals surface area contributed by atoms with Crippen molar-refractivity contribution in [2.45, 2.75) is 31.5 Å². The maximum Gasteiger partial charge on any atom is 0.321 e. The molecule has 3 N–H and O–H groups in total. The number of imide groups is 1. The number of nitrogens with one attached hydrogen (secondary N) is 3. The molecule has 27 heavy (non-hydrogen) atoms. The van der Waals surface area contributed by atoms with Crippen LogP contribution in [0.2, 0.25) is 0 Å². The number of amides is 3. The zero-order chi connectivity index (χ0) is 19.4. The lowest BCUT2D eigenvalue weighted by Crippen LogP contribution is -2.48. The number of nitrogens with zero attached hydrogens (tertiary/aromatic N) is 1. The number of thioether (sulfide) groups is 1. The third-order valence-electron chi connectivity index (χ3n) is 3.29. The fraction of sp³-hybridized carbons (Fsp3) is 0.278. The molecule has 0 fully saturated rings. The van der Waals surface area contributed by atoms with Gasteiger partial charge < -0.3 is 10.3 Å². The van der Waals surface area contributed by atoms with Crippen LogP contribution in [0.15, 0.2) is 40.2 Å². The summed E-state index contributed by atoms with van der Waals surface area (Å²) in [5.74, 6) is -0.271. The predicted molar refractivity (Wildman–Crippen MR) is 112 cm³/mol. The smallest absolute Gasteiger partial charge is 0.321 e. The van der Waals surface area contributed by atoms with Gasteiger partial charge in [0.25, 0.3) is 0 Å². The highest BCUT2D eigenvalue weighted by Crippen LogP contribution is 2.36. The van der Waals surface area contributed by atoms with Crippen LogP contribution in [0.25, 0.3) is 21.1 Å². The minimum absolute atomic E-state index is 0.0961. The molecule has 3 rings (SSSR count). The summed E-state index contributed by atoms with van der Waals surface area (Å²) in [5, 5.41) is 9.71. The summed E-state index contributed by atoms with van der Waals surface area (Å²) < 4.78 is 0. The van der Waals surface area contributed by atoms with Crippen LogP contribution in [0.5, 0.6) is 0 Å². The molecule has 0 aromatic carbocycles. The van der Waals surface area contributed by atoms with Crippen LogP contribution in [0.4, 0.5) is 4.79 Å². The molecule has 0 atom stereocenters. The van der Waals surface area contributed by atoms with Gasteiger partial charge in [0.05, 0.1) is 21.2 Å². The van der Waals surface area contributed by atoms with Crippen LogP contribution < -0.4 is 10.6 Å². The van der Waals surface area contributed by atoms with Crippen LogP contribution in [0, 0.1) is 0 Å². The van der Waals surface area contributed by atoms with E-state index >= 15 is 0 Å². The highest BCUT2D eigenvalue weighted by Gasteiger charge is 2.18. The van der Waals surface area contributed by atoms with Gasteiger partial charge in [0, 0.05) is 5.54 Å². The first-order valence-corrected chi connectivity index (χ1v) is 11.0. The van der Waals surface area contributed by atoms with Crippen molar-refractivity contribution in [3.8, 4) is 21.1 Å². The second-order valence-corrected chi connectivity index (χ2v) is 9.62. The number of hydrogen-bond donors (Lipinski definition) is 3. The van der Waals surface area contributed by atoms with Gasteiger partial charge in [0.15, 0.2) is 5.16 Å².